The molecule has 0 amide bonds. The zero-order valence-corrected chi connectivity index (χ0v) is 14.0. The van der Waals surface area contributed by atoms with Crippen LogP contribution in [0.3, 0.4) is 0 Å². The summed E-state index contributed by atoms with van der Waals surface area (Å²) in [4.78, 5) is 11.3. The molecular formula is C14H29O5P. The predicted octanol–water partition coefficient (Wildman–Crippen LogP) is 4.16. The monoisotopic (exact) mass is 308 g/mol. The van der Waals surface area contributed by atoms with Crippen LogP contribution < -0.4 is 0 Å². The van der Waals surface area contributed by atoms with E-state index in [9.17, 15) is 9.36 Å². The molecular weight excluding hydrogens is 279 g/mol. The average Bonchev–Trinajstić information content (AvgIpc) is 2.40. The molecule has 0 aromatic rings. The molecule has 0 radical (unpaired) electrons. The van der Waals surface area contributed by atoms with E-state index < -0.39 is 7.60 Å². The summed E-state index contributed by atoms with van der Waals surface area (Å²) in [7, 11) is -3.06. The normalized spacial score (nSPS) is 11.6. The molecule has 0 atom stereocenters. The Bertz CT molecular complexity index is 279. The highest BCUT2D eigenvalue weighted by molar-refractivity contribution is 7.53. The first-order valence-corrected chi connectivity index (χ1v) is 9.34. The molecule has 0 aromatic carbocycles. The van der Waals surface area contributed by atoms with Crippen molar-refractivity contribution >= 4 is 13.6 Å². The zero-order chi connectivity index (χ0) is 15.3. The minimum absolute atomic E-state index is 0.256. The van der Waals surface area contributed by atoms with Crippen LogP contribution in [-0.4, -0.2) is 32.0 Å². The molecule has 0 saturated heterocycles. The van der Waals surface area contributed by atoms with Crippen LogP contribution in [-0.2, 0) is 23.1 Å². The van der Waals surface area contributed by atoms with E-state index in [2.05, 4.69) is 0 Å². The average molecular weight is 308 g/mol. The van der Waals surface area contributed by atoms with Crippen LogP contribution in [0.2, 0.25) is 0 Å². The minimum atomic E-state index is -3.06. The standard InChI is InChI=1S/C14H29O5P/c1-4-7-11-18-20(16,19-12-8-5-2)13-9-10-14(15)17-6-3/h4-13H2,1-3H3. The van der Waals surface area contributed by atoms with E-state index in [1.807, 2.05) is 13.8 Å². The topological polar surface area (TPSA) is 61.8 Å². The highest BCUT2D eigenvalue weighted by Gasteiger charge is 2.24. The smallest absolute Gasteiger partial charge is 0.330 e. The molecule has 0 rings (SSSR count). The lowest BCUT2D eigenvalue weighted by Crippen LogP contribution is -2.07. The largest absolute Gasteiger partial charge is 0.466 e. The third kappa shape index (κ3) is 10.4. The van der Waals surface area contributed by atoms with E-state index in [1.165, 1.54) is 0 Å². The van der Waals surface area contributed by atoms with Gasteiger partial charge in [-0.2, -0.15) is 0 Å². The Kier molecular flexibility index (Phi) is 12.1. The van der Waals surface area contributed by atoms with Crippen molar-refractivity contribution in [3.8, 4) is 0 Å². The molecule has 0 bridgehead atoms. The SMILES string of the molecule is CCCCOP(=O)(CCCC(=O)OCC)OCCCC. The minimum Gasteiger partial charge on any atom is -0.466 e. The van der Waals surface area contributed by atoms with Crippen LogP contribution in [0.4, 0.5) is 0 Å². The lowest BCUT2D eigenvalue weighted by atomic mass is 10.3. The van der Waals surface area contributed by atoms with Crippen molar-refractivity contribution in [2.45, 2.75) is 59.3 Å². The van der Waals surface area contributed by atoms with Crippen molar-refractivity contribution < 1.29 is 23.1 Å². The van der Waals surface area contributed by atoms with Crippen LogP contribution in [0.5, 0.6) is 0 Å². The van der Waals surface area contributed by atoms with Gasteiger partial charge in [0.05, 0.1) is 26.0 Å². The molecule has 5 nitrogen and oxygen atoms in total. The van der Waals surface area contributed by atoms with Crippen molar-refractivity contribution in [1.29, 1.82) is 0 Å². The van der Waals surface area contributed by atoms with Crippen LogP contribution in [0.1, 0.15) is 59.3 Å². The van der Waals surface area contributed by atoms with E-state index in [-0.39, 0.29) is 18.6 Å². The van der Waals surface area contributed by atoms with Gasteiger partial charge in [-0.1, -0.05) is 26.7 Å². The molecule has 0 saturated carbocycles. The van der Waals surface area contributed by atoms with Crippen molar-refractivity contribution in [1.82, 2.24) is 0 Å². The fourth-order valence-electron chi connectivity index (χ4n) is 1.51. The molecule has 0 unspecified atom stereocenters. The molecule has 0 fully saturated rings. The molecule has 0 heterocycles. The van der Waals surface area contributed by atoms with Gasteiger partial charge in [0, 0.05) is 6.42 Å². The Morgan fingerprint density at radius 3 is 1.95 bits per heavy atom. The molecule has 0 aromatic heterocycles. The van der Waals surface area contributed by atoms with Crippen LogP contribution in [0.15, 0.2) is 0 Å². The van der Waals surface area contributed by atoms with Crippen molar-refractivity contribution in [3.63, 3.8) is 0 Å². The first-order valence-electron chi connectivity index (χ1n) is 7.61. The van der Waals surface area contributed by atoms with Crippen LogP contribution in [0, 0.1) is 0 Å². The quantitative estimate of drug-likeness (QED) is 0.290. The zero-order valence-electron chi connectivity index (χ0n) is 13.1. The number of unbranched alkanes of at least 4 members (excludes halogenated alkanes) is 2. The summed E-state index contributed by atoms with van der Waals surface area (Å²) in [6.07, 6.45) is 4.69. The summed E-state index contributed by atoms with van der Waals surface area (Å²) < 4.78 is 28.2. The number of ether oxygens (including phenoxy) is 1. The van der Waals surface area contributed by atoms with Gasteiger partial charge in [0.2, 0.25) is 0 Å². The number of esters is 1. The van der Waals surface area contributed by atoms with E-state index in [4.69, 9.17) is 13.8 Å². The van der Waals surface area contributed by atoms with Gasteiger partial charge in [0.1, 0.15) is 0 Å². The lowest BCUT2D eigenvalue weighted by molar-refractivity contribution is -0.143. The molecule has 120 valence electrons. The first kappa shape index (κ1) is 19.6. The van der Waals surface area contributed by atoms with Crippen molar-refractivity contribution in [2.75, 3.05) is 26.0 Å². The summed E-state index contributed by atoms with van der Waals surface area (Å²) in [5.41, 5.74) is 0. The van der Waals surface area contributed by atoms with Crippen LogP contribution in [0.25, 0.3) is 0 Å². The maximum absolute atomic E-state index is 12.5. The maximum atomic E-state index is 12.5. The number of rotatable bonds is 13. The van der Waals surface area contributed by atoms with Gasteiger partial charge < -0.3 is 13.8 Å². The van der Waals surface area contributed by atoms with E-state index in [0.717, 1.165) is 25.7 Å². The second kappa shape index (κ2) is 12.4. The summed E-state index contributed by atoms with van der Waals surface area (Å²) in [5.74, 6) is -0.263. The van der Waals surface area contributed by atoms with Gasteiger partial charge in [-0.15, -0.1) is 0 Å². The lowest BCUT2D eigenvalue weighted by Gasteiger charge is -2.18. The third-order valence-corrected chi connectivity index (χ3v) is 4.71. The van der Waals surface area contributed by atoms with Gasteiger partial charge in [0.15, 0.2) is 0 Å². The maximum Gasteiger partial charge on any atom is 0.330 e. The van der Waals surface area contributed by atoms with Gasteiger partial charge in [0.25, 0.3) is 0 Å². The second-order valence-corrected chi connectivity index (χ2v) is 6.80. The Morgan fingerprint density at radius 2 is 1.50 bits per heavy atom. The molecule has 0 aliphatic rings. The van der Waals surface area contributed by atoms with Gasteiger partial charge in [-0.3, -0.25) is 9.36 Å². The van der Waals surface area contributed by atoms with E-state index in [0.29, 0.717) is 26.2 Å². The fourth-order valence-corrected chi connectivity index (χ4v) is 3.21. The number of hydrogen-bond donors (Lipinski definition) is 0. The Hall–Kier alpha value is -0.380. The summed E-state index contributed by atoms with van der Waals surface area (Å²) in [6, 6.07) is 0. The summed E-state index contributed by atoms with van der Waals surface area (Å²) in [5, 5.41) is 0. The van der Waals surface area contributed by atoms with Gasteiger partial charge >= 0.3 is 13.6 Å². The Balaban J connectivity index is 4.14. The van der Waals surface area contributed by atoms with Gasteiger partial charge in [-0.25, -0.2) is 0 Å². The number of hydrogen-bond acceptors (Lipinski definition) is 5. The Morgan fingerprint density at radius 1 is 0.950 bits per heavy atom. The second-order valence-electron chi connectivity index (χ2n) is 4.62. The first-order chi connectivity index (χ1) is 9.58. The molecule has 20 heavy (non-hydrogen) atoms. The molecule has 0 spiro atoms. The summed E-state index contributed by atoms with van der Waals surface area (Å²) >= 11 is 0. The van der Waals surface area contributed by atoms with E-state index >= 15 is 0 Å². The fraction of sp³-hybridized carbons (Fsp3) is 0.929. The third-order valence-electron chi connectivity index (χ3n) is 2.69. The van der Waals surface area contributed by atoms with Crippen LogP contribution >= 0.6 is 7.60 Å². The number of carbonyl (C=O) groups excluding carboxylic acids is 1. The molecule has 6 heteroatoms. The van der Waals surface area contributed by atoms with E-state index in [1.54, 1.807) is 6.92 Å². The van der Waals surface area contributed by atoms with Crippen molar-refractivity contribution in [3.05, 3.63) is 0 Å². The van der Waals surface area contributed by atoms with Crippen molar-refractivity contribution in [2.24, 2.45) is 0 Å². The highest BCUT2D eigenvalue weighted by atomic mass is 31.2. The molecule has 0 aliphatic carbocycles. The predicted molar refractivity (Wildman–Crippen MR) is 80.1 cm³/mol. The summed E-state index contributed by atoms with van der Waals surface area (Å²) in [6.45, 7) is 7.12. The molecule has 0 N–H and O–H groups in total. The van der Waals surface area contributed by atoms with Gasteiger partial charge in [-0.05, 0) is 26.2 Å². The number of carbonyl (C=O) groups is 1. The Labute approximate surface area is 122 Å². The highest BCUT2D eigenvalue weighted by Crippen LogP contribution is 2.49. The molecule has 0 aliphatic heterocycles.